The highest BCUT2D eigenvalue weighted by atomic mass is 19.1. The maximum Gasteiger partial charge on any atom is 0.168 e. The second-order valence-electron chi connectivity index (χ2n) is 4.55. The van der Waals surface area contributed by atoms with Gasteiger partial charge in [-0.1, -0.05) is 12.1 Å². The first-order chi connectivity index (χ1) is 7.92. The molecule has 0 saturated heterocycles. The van der Waals surface area contributed by atoms with E-state index in [1.165, 1.54) is 7.11 Å². The molecule has 0 fully saturated rings. The Hall–Kier alpha value is -1.13. The third-order valence-corrected chi connectivity index (χ3v) is 3.12. The molecule has 1 atom stereocenters. The molecule has 4 heteroatoms. The summed E-state index contributed by atoms with van der Waals surface area (Å²) >= 11 is 0. The first-order valence-electron chi connectivity index (χ1n) is 5.54. The first kappa shape index (κ1) is 13.9. The maximum atomic E-state index is 13.9. The molecule has 0 aliphatic heterocycles. The van der Waals surface area contributed by atoms with Crippen LogP contribution in [0.1, 0.15) is 19.4 Å². The van der Waals surface area contributed by atoms with Crippen molar-refractivity contribution in [3.8, 4) is 5.75 Å². The average molecular weight is 241 g/mol. The maximum absolute atomic E-state index is 13.9. The van der Waals surface area contributed by atoms with Gasteiger partial charge in [-0.15, -0.1) is 0 Å². The van der Waals surface area contributed by atoms with E-state index in [0.29, 0.717) is 12.0 Å². The fraction of sp³-hybridized carbons (Fsp3) is 0.538. The van der Waals surface area contributed by atoms with Crippen LogP contribution in [0, 0.1) is 5.82 Å². The minimum Gasteiger partial charge on any atom is -0.494 e. The van der Waals surface area contributed by atoms with Crippen molar-refractivity contribution in [1.82, 2.24) is 0 Å². The van der Waals surface area contributed by atoms with Crippen molar-refractivity contribution in [3.63, 3.8) is 0 Å². The standard InChI is InChI=1S/C13H20FNO2/c1-13(2,17-4)11(15)8-9-6-5-7-10(16-3)12(9)14/h5-7,11H,8,15H2,1-4H3. The fourth-order valence-electron chi connectivity index (χ4n) is 1.51. The molecule has 1 rings (SSSR count). The Bertz CT molecular complexity index is 380. The predicted molar refractivity (Wildman–Crippen MR) is 65.7 cm³/mol. The van der Waals surface area contributed by atoms with Gasteiger partial charge in [-0.25, -0.2) is 4.39 Å². The zero-order chi connectivity index (χ0) is 13.1. The van der Waals surface area contributed by atoms with Gasteiger partial charge in [0, 0.05) is 13.2 Å². The Balaban J connectivity index is 2.89. The van der Waals surface area contributed by atoms with E-state index in [0.717, 1.165) is 0 Å². The normalized spacial score (nSPS) is 13.5. The largest absolute Gasteiger partial charge is 0.494 e. The van der Waals surface area contributed by atoms with Gasteiger partial charge >= 0.3 is 0 Å². The lowest BCUT2D eigenvalue weighted by molar-refractivity contribution is 0.000616. The van der Waals surface area contributed by atoms with Crippen molar-refractivity contribution in [3.05, 3.63) is 29.6 Å². The molecule has 0 aliphatic carbocycles. The molecule has 1 unspecified atom stereocenters. The van der Waals surface area contributed by atoms with Crippen LogP contribution in [0.3, 0.4) is 0 Å². The van der Waals surface area contributed by atoms with Gasteiger partial charge in [0.05, 0.1) is 12.7 Å². The molecule has 0 aliphatic rings. The molecule has 0 heterocycles. The summed E-state index contributed by atoms with van der Waals surface area (Å²) in [5.41, 5.74) is 6.07. The molecule has 1 aromatic rings. The third kappa shape index (κ3) is 3.17. The highest BCUT2D eigenvalue weighted by Gasteiger charge is 2.27. The topological polar surface area (TPSA) is 44.5 Å². The lowest BCUT2D eigenvalue weighted by Gasteiger charge is -2.30. The Kier molecular flexibility index (Phi) is 4.48. The lowest BCUT2D eigenvalue weighted by atomic mass is 9.93. The van der Waals surface area contributed by atoms with Gasteiger partial charge in [-0.2, -0.15) is 0 Å². The minimum absolute atomic E-state index is 0.241. The molecule has 0 bridgehead atoms. The van der Waals surface area contributed by atoms with Crippen molar-refractivity contribution in [2.75, 3.05) is 14.2 Å². The molecule has 0 aromatic heterocycles. The number of nitrogens with two attached hydrogens (primary N) is 1. The molecular formula is C13H20FNO2. The van der Waals surface area contributed by atoms with Gasteiger partial charge < -0.3 is 15.2 Å². The molecular weight excluding hydrogens is 221 g/mol. The van der Waals surface area contributed by atoms with Crippen LogP contribution in [0.25, 0.3) is 0 Å². The van der Waals surface area contributed by atoms with E-state index in [4.69, 9.17) is 15.2 Å². The zero-order valence-electron chi connectivity index (χ0n) is 10.8. The van der Waals surface area contributed by atoms with Gasteiger partial charge in [0.1, 0.15) is 0 Å². The summed E-state index contributed by atoms with van der Waals surface area (Å²) in [6.45, 7) is 3.77. The third-order valence-electron chi connectivity index (χ3n) is 3.12. The van der Waals surface area contributed by atoms with E-state index in [2.05, 4.69) is 0 Å². The van der Waals surface area contributed by atoms with Crippen molar-refractivity contribution in [2.45, 2.75) is 31.9 Å². The Morgan fingerprint density at radius 1 is 1.35 bits per heavy atom. The summed E-state index contributed by atoms with van der Waals surface area (Å²) in [4.78, 5) is 0. The quantitative estimate of drug-likeness (QED) is 0.859. The summed E-state index contributed by atoms with van der Waals surface area (Å²) in [5, 5.41) is 0. The van der Waals surface area contributed by atoms with E-state index in [9.17, 15) is 4.39 Å². The second-order valence-corrected chi connectivity index (χ2v) is 4.55. The van der Waals surface area contributed by atoms with Crippen LogP contribution in [0.2, 0.25) is 0 Å². The van der Waals surface area contributed by atoms with Crippen LogP contribution in [-0.2, 0) is 11.2 Å². The number of hydrogen-bond donors (Lipinski definition) is 1. The predicted octanol–water partition coefficient (Wildman–Crippen LogP) is 2.13. The molecule has 3 nitrogen and oxygen atoms in total. The van der Waals surface area contributed by atoms with Crippen LogP contribution in [0.5, 0.6) is 5.75 Å². The van der Waals surface area contributed by atoms with Crippen LogP contribution < -0.4 is 10.5 Å². The highest BCUT2D eigenvalue weighted by molar-refractivity contribution is 5.31. The van der Waals surface area contributed by atoms with E-state index in [1.54, 1.807) is 25.3 Å². The number of rotatable bonds is 5. The van der Waals surface area contributed by atoms with Crippen LogP contribution in [-0.4, -0.2) is 25.9 Å². The number of ether oxygens (including phenoxy) is 2. The molecule has 0 saturated carbocycles. The van der Waals surface area contributed by atoms with Gasteiger partial charge in [-0.05, 0) is 31.9 Å². The van der Waals surface area contributed by atoms with E-state index >= 15 is 0 Å². The van der Waals surface area contributed by atoms with Gasteiger partial charge in [0.2, 0.25) is 0 Å². The van der Waals surface area contributed by atoms with Crippen molar-refractivity contribution >= 4 is 0 Å². The molecule has 0 amide bonds. The van der Waals surface area contributed by atoms with Crippen LogP contribution >= 0.6 is 0 Å². The average Bonchev–Trinajstić information content (AvgIpc) is 2.31. The molecule has 0 radical (unpaired) electrons. The molecule has 17 heavy (non-hydrogen) atoms. The Morgan fingerprint density at radius 2 is 2.00 bits per heavy atom. The van der Waals surface area contributed by atoms with Gasteiger partial charge in [0.25, 0.3) is 0 Å². The van der Waals surface area contributed by atoms with E-state index < -0.39 is 5.60 Å². The second kappa shape index (κ2) is 5.47. The summed E-state index contributed by atoms with van der Waals surface area (Å²) in [6.07, 6.45) is 0.407. The highest BCUT2D eigenvalue weighted by Crippen LogP contribution is 2.23. The number of benzene rings is 1. The number of hydrogen-bond acceptors (Lipinski definition) is 3. The van der Waals surface area contributed by atoms with Gasteiger partial charge in [-0.3, -0.25) is 0 Å². The van der Waals surface area contributed by atoms with Crippen molar-refractivity contribution < 1.29 is 13.9 Å². The number of halogens is 1. The first-order valence-corrected chi connectivity index (χ1v) is 5.54. The summed E-state index contributed by atoms with van der Waals surface area (Å²) in [7, 11) is 3.04. The molecule has 96 valence electrons. The smallest absolute Gasteiger partial charge is 0.168 e. The van der Waals surface area contributed by atoms with Crippen LogP contribution in [0.4, 0.5) is 4.39 Å². The molecule has 1 aromatic carbocycles. The SMILES string of the molecule is COc1cccc(CC(N)C(C)(C)OC)c1F. The summed E-state index contributed by atoms with van der Waals surface area (Å²) in [5.74, 6) is -0.109. The Morgan fingerprint density at radius 3 is 2.53 bits per heavy atom. The van der Waals surface area contributed by atoms with Crippen LogP contribution in [0.15, 0.2) is 18.2 Å². The minimum atomic E-state index is -0.491. The summed E-state index contributed by atoms with van der Waals surface area (Å²) < 4.78 is 24.1. The van der Waals surface area contributed by atoms with Crippen molar-refractivity contribution in [1.29, 1.82) is 0 Å². The van der Waals surface area contributed by atoms with E-state index in [-0.39, 0.29) is 17.6 Å². The molecule has 0 spiro atoms. The fourth-order valence-corrected chi connectivity index (χ4v) is 1.51. The summed E-state index contributed by atoms with van der Waals surface area (Å²) in [6, 6.07) is 4.77. The number of methoxy groups -OCH3 is 2. The lowest BCUT2D eigenvalue weighted by Crippen LogP contribution is -2.46. The van der Waals surface area contributed by atoms with Gasteiger partial charge in [0.15, 0.2) is 11.6 Å². The molecule has 2 N–H and O–H groups in total. The monoisotopic (exact) mass is 241 g/mol. The van der Waals surface area contributed by atoms with Crippen molar-refractivity contribution in [2.24, 2.45) is 5.73 Å². The Labute approximate surface area is 102 Å². The zero-order valence-corrected chi connectivity index (χ0v) is 10.8. The van der Waals surface area contributed by atoms with E-state index in [1.807, 2.05) is 13.8 Å².